The summed E-state index contributed by atoms with van der Waals surface area (Å²) in [5.74, 6) is 0.784. The summed E-state index contributed by atoms with van der Waals surface area (Å²) in [5.41, 5.74) is 9.24. The first kappa shape index (κ1) is 23.6. The lowest BCUT2D eigenvalue weighted by molar-refractivity contribution is 0.0718. The molecule has 6 rings (SSSR count). The molecule has 3 aromatic carbocycles. The van der Waals surface area contributed by atoms with Crippen molar-refractivity contribution in [3.63, 3.8) is 0 Å². The van der Waals surface area contributed by atoms with E-state index in [1.165, 1.54) is 22.3 Å². The predicted molar refractivity (Wildman–Crippen MR) is 149 cm³/mol. The van der Waals surface area contributed by atoms with Crippen LogP contribution in [0.4, 0.5) is 5.95 Å². The van der Waals surface area contributed by atoms with E-state index in [1.807, 2.05) is 36.1 Å². The van der Waals surface area contributed by atoms with E-state index in [1.54, 1.807) is 0 Å². The molecule has 2 aliphatic rings. The number of aryl methyl sites for hydroxylation is 2. The maximum absolute atomic E-state index is 12.9. The average Bonchev–Trinajstić information content (AvgIpc) is 2.93. The molecule has 1 amide bonds. The van der Waals surface area contributed by atoms with Gasteiger partial charge in [-0.1, -0.05) is 42.0 Å². The van der Waals surface area contributed by atoms with Crippen molar-refractivity contribution in [2.45, 2.75) is 45.7 Å². The van der Waals surface area contributed by atoms with Gasteiger partial charge in [0.05, 0.1) is 11.2 Å². The minimum Gasteiger partial charge on any atom is -0.351 e. The Hall–Kier alpha value is -3.77. The number of likely N-dealkylation sites (tertiary alicyclic amines) is 1. The van der Waals surface area contributed by atoms with Crippen LogP contribution in [0.2, 0.25) is 0 Å². The Morgan fingerprint density at radius 3 is 2.62 bits per heavy atom. The number of aromatic nitrogens is 2. The number of carbonyl (C=O) groups excluding carboxylic acids is 1. The predicted octanol–water partition coefficient (Wildman–Crippen LogP) is 5.28. The second-order valence-electron chi connectivity index (χ2n) is 10.3. The second-order valence-corrected chi connectivity index (χ2v) is 10.3. The number of amides is 1. The van der Waals surface area contributed by atoms with Crippen molar-refractivity contribution in [3.05, 3.63) is 88.6 Å². The zero-order chi connectivity index (χ0) is 25.4. The van der Waals surface area contributed by atoms with Crippen LogP contribution >= 0.6 is 0 Å². The number of rotatable bonds is 4. The number of piperidine rings is 1. The zero-order valence-corrected chi connectivity index (χ0v) is 21.6. The van der Waals surface area contributed by atoms with E-state index >= 15 is 0 Å². The van der Waals surface area contributed by atoms with Crippen molar-refractivity contribution >= 4 is 22.8 Å². The van der Waals surface area contributed by atoms with Crippen molar-refractivity contribution in [3.8, 4) is 11.1 Å². The van der Waals surface area contributed by atoms with E-state index in [-0.39, 0.29) is 11.9 Å². The van der Waals surface area contributed by atoms with E-state index < -0.39 is 0 Å². The topological polar surface area (TPSA) is 70.2 Å². The highest BCUT2D eigenvalue weighted by Crippen LogP contribution is 2.31. The molecule has 0 radical (unpaired) electrons. The third-order valence-electron chi connectivity index (χ3n) is 7.75. The fourth-order valence-electron chi connectivity index (χ4n) is 5.60. The lowest BCUT2D eigenvalue weighted by Crippen LogP contribution is -2.42. The van der Waals surface area contributed by atoms with Gasteiger partial charge in [0.15, 0.2) is 0 Å². The molecule has 0 atom stereocenters. The second kappa shape index (κ2) is 9.94. The average molecular weight is 492 g/mol. The van der Waals surface area contributed by atoms with Crippen LogP contribution in [0, 0.1) is 13.8 Å². The Balaban J connectivity index is 1.16. The largest absolute Gasteiger partial charge is 0.351 e. The third kappa shape index (κ3) is 4.81. The van der Waals surface area contributed by atoms with Crippen molar-refractivity contribution in [2.75, 3.05) is 25.0 Å². The molecule has 0 bridgehead atoms. The Bertz CT molecular complexity index is 1450. The number of anilines is 1. The molecule has 2 aliphatic heterocycles. The van der Waals surface area contributed by atoms with Gasteiger partial charge in [0.2, 0.25) is 5.95 Å². The molecule has 0 spiro atoms. The van der Waals surface area contributed by atoms with E-state index in [0.717, 1.165) is 73.2 Å². The Labute approximate surface area is 218 Å². The normalized spacial score (nSPS) is 16.0. The molecule has 6 heteroatoms. The Morgan fingerprint density at radius 1 is 1.00 bits per heavy atom. The van der Waals surface area contributed by atoms with E-state index in [9.17, 15) is 4.79 Å². The summed E-state index contributed by atoms with van der Waals surface area (Å²) in [6.07, 6.45) is 2.81. The van der Waals surface area contributed by atoms with Crippen molar-refractivity contribution in [1.29, 1.82) is 0 Å². The molecular formula is C31H33N5O. The molecule has 1 saturated heterocycles. The zero-order valence-electron chi connectivity index (χ0n) is 21.6. The molecule has 37 heavy (non-hydrogen) atoms. The molecule has 2 N–H and O–H groups in total. The van der Waals surface area contributed by atoms with Crippen LogP contribution in [-0.4, -0.2) is 46.5 Å². The molecule has 1 aromatic heterocycles. The SMILES string of the molecule is Cc1ccc(C(=O)N2CCC(Nc3nc(C)c4cc(-c5cccc6c5CCNC6)ccc4n3)CC2)cc1. The van der Waals surface area contributed by atoms with Crippen LogP contribution in [0.15, 0.2) is 60.7 Å². The van der Waals surface area contributed by atoms with Gasteiger partial charge in [-0.2, -0.15) is 0 Å². The van der Waals surface area contributed by atoms with Gasteiger partial charge in [-0.3, -0.25) is 4.79 Å². The van der Waals surface area contributed by atoms with Gasteiger partial charge >= 0.3 is 0 Å². The summed E-state index contributed by atoms with van der Waals surface area (Å²) in [7, 11) is 0. The van der Waals surface area contributed by atoms with Gasteiger partial charge in [0.25, 0.3) is 5.91 Å². The Morgan fingerprint density at radius 2 is 1.81 bits per heavy atom. The fourth-order valence-corrected chi connectivity index (χ4v) is 5.60. The van der Waals surface area contributed by atoms with Crippen LogP contribution in [-0.2, 0) is 13.0 Å². The van der Waals surface area contributed by atoms with Crippen LogP contribution in [0.5, 0.6) is 0 Å². The van der Waals surface area contributed by atoms with E-state index in [2.05, 4.69) is 54.0 Å². The van der Waals surface area contributed by atoms with Crippen LogP contribution in [0.1, 0.15) is 45.6 Å². The highest BCUT2D eigenvalue weighted by Gasteiger charge is 2.24. The van der Waals surface area contributed by atoms with Gasteiger partial charge in [0, 0.05) is 36.6 Å². The van der Waals surface area contributed by atoms with Gasteiger partial charge in [-0.15, -0.1) is 0 Å². The quantitative estimate of drug-likeness (QED) is 0.407. The minimum absolute atomic E-state index is 0.114. The molecule has 0 saturated carbocycles. The number of hydrogen-bond acceptors (Lipinski definition) is 5. The number of carbonyl (C=O) groups is 1. The minimum atomic E-state index is 0.114. The molecule has 0 unspecified atom stereocenters. The molecule has 188 valence electrons. The summed E-state index contributed by atoms with van der Waals surface area (Å²) in [6, 6.07) is 21.2. The smallest absolute Gasteiger partial charge is 0.253 e. The van der Waals surface area contributed by atoms with Gasteiger partial charge < -0.3 is 15.5 Å². The number of benzene rings is 3. The highest BCUT2D eigenvalue weighted by atomic mass is 16.2. The maximum atomic E-state index is 12.9. The Kier molecular flexibility index (Phi) is 6.35. The van der Waals surface area contributed by atoms with Crippen LogP contribution in [0.3, 0.4) is 0 Å². The summed E-state index contributed by atoms with van der Waals surface area (Å²) >= 11 is 0. The van der Waals surface area contributed by atoms with Gasteiger partial charge in [-0.05, 0) is 86.2 Å². The molecule has 1 fully saturated rings. The molecular weight excluding hydrogens is 458 g/mol. The first-order valence-electron chi connectivity index (χ1n) is 13.3. The van der Waals surface area contributed by atoms with Crippen LogP contribution in [0.25, 0.3) is 22.0 Å². The van der Waals surface area contributed by atoms with Crippen molar-refractivity contribution in [2.24, 2.45) is 0 Å². The lowest BCUT2D eigenvalue weighted by atomic mass is 9.91. The third-order valence-corrected chi connectivity index (χ3v) is 7.75. The summed E-state index contributed by atoms with van der Waals surface area (Å²) in [6.45, 7) is 7.52. The lowest BCUT2D eigenvalue weighted by Gasteiger charge is -2.32. The van der Waals surface area contributed by atoms with Crippen molar-refractivity contribution < 1.29 is 4.79 Å². The molecule has 6 nitrogen and oxygen atoms in total. The molecule has 4 aromatic rings. The fraction of sp³-hybridized carbons (Fsp3) is 0.323. The van der Waals surface area contributed by atoms with Crippen molar-refractivity contribution in [1.82, 2.24) is 20.2 Å². The van der Waals surface area contributed by atoms with Gasteiger partial charge in [0.1, 0.15) is 0 Å². The van der Waals surface area contributed by atoms with Gasteiger partial charge in [-0.25, -0.2) is 9.97 Å². The number of hydrogen-bond donors (Lipinski definition) is 2. The first-order chi connectivity index (χ1) is 18.0. The van der Waals surface area contributed by atoms with E-state index in [0.29, 0.717) is 5.95 Å². The standard InChI is InChI=1S/C31H33N5O/c1-20-6-8-22(9-7-20)30(37)36-16-13-25(14-17-36)34-31-33-21(2)28-18-23(10-11-29(28)35-31)26-5-3-4-24-19-32-15-12-27(24)26/h3-11,18,25,32H,12-17,19H2,1-2H3,(H,33,34,35). The maximum Gasteiger partial charge on any atom is 0.253 e. The molecule has 3 heterocycles. The summed E-state index contributed by atoms with van der Waals surface area (Å²) < 4.78 is 0. The number of fused-ring (bicyclic) bond motifs is 2. The summed E-state index contributed by atoms with van der Waals surface area (Å²) in [4.78, 5) is 24.5. The van der Waals surface area contributed by atoms with E-state index in [4.69, 9.17) is 9.97 Å². The summed E-state index contributed by atoms with van der Waals surface area (Å²) in [5, 5.41) is 8.10. The molecule has 0 aliphatic carbocycles. The number of nitrogens with one attached hydrogen (secondary N) is 2. The highest BCUT2D eigenvalue weighted by molar-refractivity contribution is 5.94. The first-order valence-corrected chi connectivity index (χ1v) is 13.3. The van der Waals surface area contributed by atoms with Crippen LogP contribution < -0.4 is 10.6 Å². The number of nitrogens with zero attached hydrogens (tertiary/aromatic N) is 3. The monoisotopic (exact) mass is 491 g/mol.